The summed E-state index contributed by atoms with van der Waals surface area (Å²) in [6.07, 6.45) is 2.37. The van der Waals surface area contributed by atoms with Crippen LogP contribution in [0.5, 0.6) is 0 Å². The summed E-state index contributed by atoms with van der Waals surface area (Å²) in [6.45, 7) is 11.3. The zero-order valence-electron chi connectivity index (χ0n) is 19.1. The van der Waals surface area contributed by atoms with Crippen LogP contribution in [0, 0.1) is 6.92 Å². The van der Waals surface area contributed by atoms with Crippen LogP contribution in [0.3, 0.4) is 0 Å². The lowest BCUT2D eigenvalue weighted by atomic mass is 9.72. The molecule has 1 aliphatic heterocycles. The summed E-state index contributed by atoms with van der Waals surface area (Å²) in [5.74, 6) is 0.770. The molecular weight excluding hydrogens is 380 g/mol. The molecule has 30 heavy (non-hydrogen) atoms. The largest absolute Gasteiger partial charge is 0.444 e. The third-order valence-electron chi connectivity index (χ3n) is 5.30. The molecule has 1 heterocycles. The van der Waals surface area contributed by atoms with Crippen LogP contribution in [0.15, 0.2) is 29.3 Å². The summed E-state index contributed by atoms with van der Waals surface area (Å²) in [4.78, 5) is 16.0. The second kappa shape index (κ2) is 11.2. The Balaban J connectivity index is 1.82. The molecule has 0 aromatic heterocycles. The average molecular weight is 419 g/mol. The first-order chi connectivity index (χ1) is 14.3. The number of alkyl carbamates (subject to hydrolysis) is 1. The Bertz CT molecular complexity index is 707. The van der Waals surface area contributed by atoms with E-state index in [9.17, 15) is 4.79 Å². The number of hydrogen-bond donors (Lipinski definition) is 3. The van der Waals surface area contributed by atoms with Gasteiger partial charge in [0.1, 0.15) is 5.60 Å². The predicted molar refractivity (Wildman–Crippen MR) is 121 cm³/mol. The van der Waals surface area contributed by atoms with E-state index in [4.69, 9.17) is 9.47 Å². The van der Waals surface area contributed by atoms with Crippen molar-refractivity contribution < 1.29 is 14.3 Å². The first-order valence-electron chi connectivity index (χ1n) is 10.8. The topological polar surface area (TPSA) is 84.0 Å². The molecule has 0 spiro atoms. The number of rotatable bonds is 7. The lowest BCUT2D eigenvalue weighted by molar-refractivity contribution is 0.0510. The fraction of sp³-hybridized carbons (Fsp3) is 0.652. The van der Waals surface area contributed by atoms with Crippen LogP contribution in [-0.4, -0.2) is 57.5 Å². The second-order valence-electron chi connectivity index (χ2n) is 8.84. The minimum Gasteiger partial charge on any atom is -0.444 e. The Labute approximate surface area is 181 Å². The number of carbonyl (C=O) groups is 1. The van der Waals surface area contributed by atoms with Crippen LogP contribution in [-0.2, 0) is 14.9 Å². The van der Waals surface area contributed by atoms with Crippen molar-refractivity contribution in [3.63, 3.8) is 0 Å². The standard InChI is InChI=1S/C23H38N4O3/c1-18-9-6-7-10-19(18)23(11-15-29-16-12-23)17-27-20(24-5)25-13-8-14-26-21(28)30-22(2,3)4/h6-7,9-10H,8,11-17H2,1-5H3,(H,26,28)(H2,24,25,27). The summed E-state index contributed by atoms with van der Waals surface area (Å²) in [7, 11) is 1.78. The first kappa shape index (κ1) is 24.0. The van der Waals surface area contributed by atoms with Crippen LogP contribution in [0.25, 0.3) is 0 Å². The minimum absolute atomic E-state index is 0.0412. The van der Waals surface area contributed by atoms with Crippen molar-refractivity contribution in [2.45, 2.75) is 58.0 Å². The van der Waals surface area contributed by atoms with Crippen molar-refractivity contribution in [1.82, 2.24) is 16.0 Å². The quantitative estimate of drug-likeness (QED) is 0.360. The molecule has 168 valence electrons. The first-order valence-corrected chi connectivity index (χ1v) is 10.8. The van der Waals surface area contributed by atoms with E-state index >= 15 is 0 Å². The number of guanidine groups is 1. The zero-order chi connectivity index (χ0) is 22.0. The molecule has 0 aliphatic carbocycles. The molecule has 1 aliphatic rings. The van der Waals surface area contributed by atoms with Crippen molar-refractivity contribution in [2.24, 2.45) is 4.99 Å². The number of ether oxygens (including phenoxy) is 2. The van der Waals surface area contributed by atoms with E-state index < -0.39 is 5.60 Å². The number of aryl methyl sites for hydroxylation is 1. The van der Waals surface area contributed by atoms with Gasteiger partial charge in [0.2, 0.25) is 0 Å². The van der Waals surface area contributed by atoms with Crippen LogP contribution >= 0.6 is 0 Å². The average Bonchev–Trinajstić information content (AvgIpc) is 2.69. The van der Waals surface area contributed by atoms with E-state index in [0.29, 0.717) is 13.1 Å². The number of nitrogens with one attached hydrogen (secondary N) is 3. The summed E-state index contributed by atoms with van der Waals surface area (Å²) in [5.41, 5.74) is 2.26. The van der Waals surface area contributed by atoms with Gasteiger partial charge in [-0.25, -0.2) is 4.79 Å². The number of carbonyl (C=O) groups excluding carboxylic acids is 1. The Morgan fingerprint density at radius 2 is 1.80 bits per heavy atom. The van der Waals surface area contributed by atoms with Gasteiger partial charge in [-0.3, -0.25) is 4.99 Å². The molecule has 3 N–H and O–H groups in total. The van der Waals surface area contributed by atoms with Gasteiger partial charge in [0, 0.05) is 45.3 Å². The molecule has 1 amide bonds. The lowest BCUT2D eigenvalue weighted by Gasteiger charge is -2.39. The maximum absolute atomic E-state index is 11.7. The maximum Gasteiger partial charge on any atom is 0.407 e. The minimum atomic E-state index is -0.481. The summed E-state index contributed by atoms with van der Waals surface area (Å²) >= 11 is 0. The van der Waals surface area contributed by atoms with Crippen molar-refractivity contribution in [1.29, 1.82) is 0 Å². The molecule has 1 fully saturated rings. The molecule has 7 heteroatoms. The van der Waals surface area contributed by atoms with Gasteiger partial charge < -0.3 is 25.4 Å². The van der Waals surface area contributed by atoms with Gasteiger partial charge in [-0.05, 0) is 58.1 Å². The highest BCUT2D eigenvalue weighted by molar-refractivity contribution is 5.79. The van der Waals surface area contributed by atoms with Gasteiger partial charge in [-0.1, -0.05) is 24.3 Å². The molecule has 7 nitrogen and oxygen atoms in total. The maximum atomic E-state index is 11.7. The van der Waals surface area contributed by atoms with E-state index in [0.717, 1.165) is 45.0 Å². The highest BCUT2D eigenvalue weighted by atomic mass is 16.6. The van der Waals surface area contributed by atoms with Gasteiger partial charge in [0.15, 0.2) is 5.96 Å². The Kier molecular flexibility index (Phi) is 8.96. The molecule has 2 rings (SSSR count). The third-order valence-corrected chi connectivity index (χ3v) is 5.30. The van der Waals surface area contributed by atoms with Crippen LogP contribution in [0.1, 0.15) is 51.2 Å². The molecule has 0 saturated carbocycles. The number of amides is 1. The summed E-state index contributed by atoms with van der Waals surface area (Å²) < 4.78 is 10.9. The SMILES string of the molecule is CN=C(NCCCNC(=O)OC(C)(C)C)NCC1(c2ccccc2C)CCOCC1. The predicted octanol–water partition coefficient (Wildman–Crippen LogP) is 3.12. The van der Waals surface area contributed by atoms with Gasteiger partial charge in [0.05, 0.1) is 0 Å². The van der Waals surface area contributed by atoms with Crippen LogP contribution < -0.4 is 16.0 Å². The van der Waals surface area contributed by atoms with Crippen LogP contribution in [0.2, 0.25) is 0 Å². The number of aliphatic imine (C=N–C) groups is 1. The zero-order valence-corrected chi connectivity index (χ0v) is 19.1. The van der Waals surface area contributed by atoms with Gasteiger partial charge in [0.25, 0.3) is 0 Å². The summed E-state index contributed by atoms with van der Waals surface area (Å²) in [6, 6.07) is 8.62. The van der Waals surface area contributed by atoms with E-state index in [1.54, 1.807) is 7.05 Å². The van der Waals surface area contributed by atoms with E-state index in [1.165, 1.54) is 11.1 Å². The fourth-order valence-corrected chi connectivity index (χ4v) is 3.74. The molecule has 1 saturated heterocycles. The summed E-state index contributed by atoms with van der Waals surface area (Å²) in [5, 5.41) is 9.61. The Morgan fingerprint density at radius 3 is 2.43 bits per heavy atom. The molecular formula is C23H38N4O3. The Morgan fingerprint density at radius 1 is 1.13 bits per heavy atom. The van der Waals surface area contributed by atoms with Crippen molar-refractivity contribution in [3.05, 3.63) is 35.4 Å². The second-order valence-corrected chi connectivity index (χ2v) is 8.84. The van der Waals surface area contributed by atoms with Crippen molar-refractivity contribution in [3.8, 4) is 0 Å². The molecule has 0 atom stereocenters. The molecule has 0 radical (unpaired) electrons. The van der Waals surface area contributed by atoms with E-state index in [1.807, 2.05) is 20.8 Å². The number of nitrogens with zero attached hydrogens (tertiary/aromatic N) is 1. The van der Waals surface area contributed by atoms with Gasteiger partial charge in [-0.15, -0.1) is 0 Å². The molecule has 0 unspecified atom stereocenters. The van der Waals surface area contributed by atoms with Gasteiger partial charge >= 0.3 is 6.09 Å². The highest BCUT2D eigenvalue weighted by Gasteiger charge is 2.35. The lowest BCUT2D eigenvalue weighted by Crippen LogP contribution is -2.48. The van der Waals surface area contributed by atoms with E-state index in [2.05, 4.69) is 52.1 Å². The molecule has 0 bridgehead atoms. The smallest absolute Gasteiger partial charge is 0.407 e. The fourth-order valence-electron chi connectivity index (χ4n) is 3.74. The highest BCUT2D eigenvalue weighted by Crippen LogP contribution is 2.36. The van der Waals surface area contributed by atoms with Gasteiger partial charge in [-0.2, -0.15) is 0 Å². The monoisotopic (exact) mass is 418 g/mol. The Hall–Kier alpha value is -2.28. The van der Waals surface area contributed by atoms with Crippen molar-refractivity contribution >= 4 is 12.1 Å². The molecule has 1 aromatic carbocycles. The normalized spacial score (nSPS) is 16.6. The molecule has 1 aromatic rings. The third kappa shape index (κ3) is 7.52. The van der Waals surface area contributed by atoms with E-state index in [-0.39, 0.29) is 11.5 Å². The number of benzene rings is 1. The van der Waals surface area contributed by atoms with Crippen molar-refractivity contribution in [2.75, 3.05) is 39.9 Å². The number of hydrogen-bond acceptors (Lipinski definition) is 4. The van der Waals surface area contributed by atoms with Crippen LogP contribution in [0.4, 0.5) is 4.79 Å².